The Morgan fingerprint density at radius 1 is 1.24 bits per heavy atom. The van der Waals surface area contributed by atoms with Gasteiger partial charge in [-0.2, -0.15) is 0 Å². The maximum atomic E-state index is 12.6. The summed E-state index contributed by atoms with van der Waals surface area (Å²) >= 11 is 12.2. The Hall–Kier alpha value is -2.35. The molecule has 2 aromatic rings. The fraction of sp³-hybridized carbons (Fsp3) is 0.190. The minimum absolute atomic E-state index is 0.262. The molecule has 29 heavy (non-hydrogen) atoms. The average Bonchev–Trinajstić information content (AvgIpc) is 2.97. The van der Waals surface area contributed by atoms with E-state index in [1.807, 2.05) is 48.5 Å². The molecular formula is C21H18ClNO4S2. The summed E-state index contributed by atoms with van der Waals surface area (Å²) in [5.41, 5.74) is 1.80. The van der Waals surface area contributed by atoms with Crippen molar-refractivity contribution in [1.29, 1.82) is 0 Å². The Morgan fingerprint density at radius 2 is 1.90 bits per heavy atom. The van der Waals surface area contributed by atoms with Gasteiger partial charge in [-0.3, -0.25) is 9.69 Å². The highest BCUT2D eigenvalue weighted by atomic mass is 35.5. The first-order valence-corrected chi connectivity index (χ1v) is 10.5. The number of carboxylic acid groups (broad SMARTS) is 1. The number of carbonyl (C=O) groups excluding carboxylic acids is 1. The van der Waals surface area contributed by atoms with Crippen molar-refractivity contribution in [2.24, 2.45) is 0 Å². The van der Waals surface area contributed by atoms with Crippen LogP contribution in [0.2, 0.25) is 5.02 Å². The standard InChI is InChI=1S/C21H18ClNO4S2/c1-2-17(20(25)26)23-19(24)18(29-21(23)28)11-13-5-9-16(10-6-13)27-12-14-3-7-15(22)8-4-14/h3-11,17H,2,12H2,1H3,(H,25,26)/b18-11-/t17-/m1/s1. The Balaban J connectivity index is 1.67. The topological polar surface area (TPSA) is 66.8 Å². The van der Waals surface area contributed by atoms with E-state index in [-0.39, 0.29) is 16.6 Å². The van der Waals surface area contributed by atoms with Crippen molar-refractivity contribution in [3.8, 4) is 5.75 Å². The zero-order valence-corrected chi connectivity index (χ0v) is 17.9. The summed E-state index contributed by atoms with van der Waals surface area (Å²) in [6.07, 6.45) is 1.99. The highest BCUT2D eigenvalue weighted by Crippen LogP contribution is 2.34. The van der Waals surface area contributed by atoms with Gasteiger partial charge in [-0.1, -0.05) is 66.8 Å². The SMILES string of the molecule is CC[C@H](C(=O)O)N1C(=O)/C(=C/c2ccc(OCc3ccc(Cl)cc3)cc2)SC1=S. The molecule has 0 bridgehead atoms. The number of ether oxygens (including phenoxy) is 1. The van der Waals surface area contributed by atoms with Crippen molar-refractivity contribution in [2.75, 3.05) is 0 Å². The molecule has 0 unspecified atom stereocenters. The second-order valence-corrected chi connectivity index (χ2v) is 8.41. The van der Waals surface area contributed by atoms with Crippen LogP contribution in [0.3, 0.4) is 0 Å². The van der Waals surface area contributed by atoms with Gasteiger partial charge in [0.15, 0.2) is 0 Å². The normalized spacial score (nSPS) is 16.3. The first kappa shape index (κ1) is 21.4. The maximum absolute atomic E-state index is 12.6. The number of halogens is 1. The predicted molar refractivity (Wildman–Crippen MR) is 119 cm³/mol. The number of hydrogen-bond acceptors (Lipinski definition) is 5. The molecule has 1 aliphatic heterocycles. The molecular weight excluding hydrogens is 430 g/mol. The molecule has 1 atom stereocenters. The zero-order valence-electron chi connectivity index (χ0n) is 15.5. The summed E-state index contributed by atoms with van der Waals surface area (Å²) in [5.74, 6) is -0.744. The van der Waals surface area contributed by atoms with Crippen LogP contribution in [0.5, 0.6) is 5.75 Å². The molecule has 2 aromatic carbocycles. The lowest BCUT2D eigenvalue weighted by Gasteiger charge is -2.21. The van der Waals surface area contributed by atoms with Gasteiger partial charge in [0.1, 0.15) is 22.7 Å². The van der Waals surface area contributed by atoms with E-state index in [9.17, 15) is 14.7 Å². The summed E-state index contributed by atoms with van der Waals surface area (Å²) in [6.45, 7) is 2.13. The molecule has 1 fully saturated rings. The van der Waals surface area contributed by atoms with E-state index in [1.165, 1.54) is 4.90 Å². The lowest BCUT2D eigenvalue weighted by atomic mass is 10.1. The number of amides is 1. The van der Waals surface area contributed by atoms with Crippen LogP contribution in [0.1, 0.15) is 24.5 Å². The third kappa shape index (κ3) is 5.18. The van der Waals surface area contributed by atoms with Crippen molar-refractivity contribution in [3.63, 3.8) is 0 Å². The number of hydrogen-bond donors (Lipinski definition) is 1. The van der Waals surface area contributed by atoms with E-state index < -0.39 is 12.0 Å². The van der Waals surface area contributed by atoms with Gasteiger partial charge in [-0.05, 0) is 47.9 Å². The van der Waals surface area contributed by atoms with E-state index in [1.54, 1.807) is 13.0 Å². The van der Waals surface area contributed by atoms with Crippen LogP contribution in [0.25, 0.3) is 6.08 Å². The second-order valence-electron chi connectivity index (χ2n) is 6.30. The third-order valence-corrected chi connectivity index (χ3v) is 5.89. The Morgan fingerprint density at radius 3 is 2.48 bits per heavy atom. The number of nitrogens with zero attached hydrogens (tertiary/aromatic N) is 1. The molecule has 3 rings (SSSR count). The predicted octanol–water partition coefficient (Wildman–Crippen LogP) is 4.98. The molecule has 1 saturated heterocycles. The molecule has 5 nitrogen and oxygen atoms in total. The van der Waals surface area contributed by atoms with Crippen LogP contribution in [0, 0.1) is 0 Å². The molecule has 0 radical (unpaired) electrons. The van der Waals surface area contributed by atoms with Gasteiger partial charge in [0.2, 0.25) is 0 Å². The van der Waals surface area contributed by atoms with Crippen molar-refractivity contribution < 1.29 is 19.4 Å². The number of aliphatic carboxylic acids is 1. The molecule has 150 valence electrons. The van der Waals surface area contributed by atoms with Gasteiger partial charge >= 0.3 is 5.97 Å². The zero-order chi connectivity index (χ0) is 21.0. The molecule has 1 amide bonds. The molecule has 1 heterocycles. The smallest absolute Gasteiger partial charge is 0.326 e. The number of thioether (sulfide) groups is 1. The third-order valence-electron chi connectivity index (χ3n) is 4.30. The van der Waals surface area contributed by atoms with Crippen molar-refractivity contribution in [1.82, 2.24) is 4.90 Å². The van der Waals surface area contributed by atoms with Gasteiger partial charge in [-0.15, -0.1) is 0 Å². The lowest BCUT2D eigenvalue weighted by Crippen LogP contribution is -2.43. The van der Waals surface area contributed by atoms with Gasteiger partial charge in [0, 0.05) is 5.02 Å². The van der Waals surface area contributed by atoms with Gasteiger partial charge in [0.05, 0.1) is 4.91 Å². The monoisotopic (exact) mass is 447 g/mol. The van der Waals surface area contributed by atoms with Crippen LogP contribution in [0.15, 0.2) is 53.4 Å². The van der Waals surface area contributed by atoms with Crippen LogP contribution >= 0.6 is 35.6 Å². The summed E-state index contributed by atoms with van der Waals surface area (Å²) in [4.78, 5) is 25.6. The number of benzene rings is 2. The fourth-order valence-corrected chi connectivity index (χ4v) is 4.26. The van der Waals surface area contributed by atoms with Crippen LogP contribution in [-0.2, 0) is 16.2 Å². The average molecular weight is 448 g/mol. The largest absolute Gasteiger partial charge is 0.489 e. The summed E-state index contributed by atoms with van der Waals surface area (Å²) < 4.78 is 6.02. The molecule has 1 N–H and O–H groups in total. The van der Waals surface area contributed by atoms with E-state index >= 15 is 0 Å². The van der Waals surface area contributed by atoms with Crippen LogP contribution in [0.4, 0.5) is 0 Å². The Labute approximate surface area is 183 Å². The van der Waals surface area contributed by atoms with Gasteiger partial charge < -0.3 is 9.84 Å². The number of rotatable bonds is 7. The van der Waals surface area contributed by atoms with Crippen molar-refractivity contribution >= 4 is 57.9 Å². The number of carbonyl (C=O) groups is 2. The van der Waals surface area contributed by atoms with E-state index in [0.29, 0.717) is 22.3 Å². The fourth-order valence-electron chi connectivity index (χ4n) is 2.78. The van der Waals surface area contributed by atoms with Crippen molar-refractivity contribution in [3.05, 3.63) is 69.6 Å². The van der Waals surface area contributed by atoms with Gasteiger partial charge in [-0.25, -0.2) is 4.79 Å². The van der Waals surface area contributed by atoms with Crippen LogP contribution < -0.4 is 4.74 Å². The molecule has 0 aromatic heterocycles. The maximum Gasteiger partial charge on any atom is 0.326 e. The number of carboxylic acids is 1. The van der Waals surface area contributed by atoms with Gasteiger partial charge in [0.25, 0.3) is 5.91 Å². The van der Waals surface area contributed by atoms with Crippen molar-refractivity contribution in [2.45, 2.75) is 26.0 Å². The van der Waals surface area contributed by atoms with E-state index in [4.69, 9.17) is 28.6 Å². The summed E-state index contributed by atoms with van der Waals surface area (Å²) in [5, 5.41) is 10.00. The first-order valence-electron chi connectivity index (χ1n) is 8.86. The lowest BCUT2D eigenvalue weighted by molar-refractivity contribution is -0.145. The summed E-state index contributed by atoms with van der Waals surface area (Å²) in [6, 6.07) is 13.8. The second kappa shape index (κ2) is 9.43. The quantitative estimate of drug-likeness (QED) is 0.476. The molecule has 0 aliphatic carbocycles. The number of thiocarbonyl (C=S) groups is 1. The van der Waals surface area contributed by atoms with Crippen LogP contribution in [-0.4, -0.2) is 32.2 Å². The minimum atomic E-state index is -1.06. The highest BCUT2D eigenvalue weighted by Gasteiger charge is 2.39. The van der Waals surface area contributed by atoms with E-state index in [0.717, 1.165) is 22.9 Å². The van der Waals surface area contributed by atoms with E-state index in [2.05, 4.69) is 0 Å². The Kier molecular flexibility index (Phi) is 6.95. The Bertz CT molecular complexity index is 958. The first-order chi connectivity index (χ1) is 13.9. The highest BCUT2D eigenvalue weighted by molar-refractivity contribution is 8.26. The minimum Gasteiger partial charge on any atom is -0.489 e. The molecule has 8 heteroatoms. The summed E-state index contributed by atoms with van der Waals surface area (Å²) in [7, 11) is 0. The molecule has 0 saturated carbocycles. The molecule has 1 aliphatic rings. The molecule has 0 spiro atoms.